The Morgan fingerprint density at radius 3 is 1.29 bits per heavy atom. The molecule has 0 aromatic heterocycles. The van der Waals surface area contributed by atoms with Crippen molar-refractivity contribution in [3.8, 4) is 0 Å². The first kappa shape index (κ1) is 20.8. The van der Waals surface area contributed by atoms with Gasteiger partial charge in [0.15, 0.2) is 0 Å². The van der Waals surface area contributed by atoms with E-state index in [1.54, 1.807) is 14.2 Å². The van der Waals surface area contributed by atoms with Gasteiger partial charge in [-0.25, -0.2) is 0 Å². The average molecular weight is 595 g/mol. The van der Waals surface area contributed by atoms with Gasteiger partial charge < -0.3 is 14.1 Å². The van der Waals surface area contributed by atoms with Crippen LogP contribution in [0.15, 0.2) is 0 Å². The van der Waals surface area contributed by atoms with Crippen LogP contribution in [-0.4, -0.2) is 36.6 Å². The van der Waals surface area contributed by atoms with Crippen LogP contribution in [0.3, 0.4) is 0 Å². The van der Waals surface area contributed by atoms with E-state index in [4.69, 9.17) is 23.5 Å². The van der Waals surface area contributed by atoms with Crippen molar-refractivity contribution in [1.29, 1.82) is 0 Å². The zero-order valence-corrected chi connectivity index (χ0v) is 20.8. The van der Waals surface area contributed by atoms with Crippen LogP contribution in [0.25, 0.3) is 0 Å². The minimum atomic E-state index is -3.63. The first-order valence-electron chi connectivity index (χ1n) is 4.01. The number of rotatable bonds is 4. The van der Waals surface area contributed by atoms with Gasteiger partial charge in [0.1, 0.15) is 0 Å². The largest absolute Gasteiger partial charge is 0.672 e. The van der Waals surface area contributed by atoms with Crippen molar-refractivity contribution in [2.75, 3.05) is 27.4 Å². The standard InChI is InChI=1S/2C3H7O.2Hg.O3Si/c2*1-3-4-2;;;1-4(2)3/h2*1,3H2,2H3;;;/q;;2*+1;-2. The molecule has 5 nitrogen and oxygen atoms in total. The summed E-state index contributed by atoms with van der Waals surface area (Å²) >= 11 is 1.90. The van der Waals surface area contributed by atoms with E-state index in [1.165, 1.54) is 7.86 Å². The molecule has 14 heavy (non-hydrogen) atoms. The van der Waals surface area contributed by atoms with Gasteiger partial charge in [0.2, 0.25) is 0 Å². The Labute approximate surface area is 119 Å². The van der Waals surface area contributed by atoms with Crippen molar-refractivity contribution < 1.29 is 75.8 Å². The van der Waals surface area contributed by atoms with Gasteiger partial charge in [0.25, 0.3) is 0 Å². The Bertz CT molecular complexity index is 92.2. The van der Waals surface area contributed by atoms with Gasteiger partial charge in [-0.15, -0.1) is 0 Å². The molecule has 0 spiro atoms. The Morgan fingerprint density at radius 1 is 1.07 bits per heavy atom. The van der Waals surface area contributed by atoms with Crippen LogP contribution >= 0.6 is 0 Å². The summed E-state index contributed by atoms with van der Waals surface area (Å²) in [5.74, 6) is 0. The van der Waals surface area contributed by atoms with Crippen LogP contribution in [0.2, 0.25) is 7.86 Å². The molecule has 0 saturated carbocycles. The molecule has 0 aromatic rings. The van der Waals surface area contributed by atoms with Crippen LogP contribution in [0.1, 0.15) is 0 Å². The van der Waals surface area contributed by atoms with Gasteiger partial charge in [-0.2, -0.15) is 0 Å². The molecule has 0 rings (SSSR count). The smallest absolute Gasteiger partial charge is 0.0172 e. The maximum Gasteiger partial charge on any atom is 0.0172 e. The van der Waals surface area contributed by atoms with Crippen LogP contribution in [0, 0.1) is 0 Å². The summed E-state index contributed by atoms with van der Waals surface area (Å²) in [7, 11) is -0.144. The Balaban J connectivity index is -0.000000131. The third-order valence-corrected chi connectivity index (χ3v) is 2.94. The maximum absolute atomic E-state index is 8.52. The fraction of sp³-hybridized carbons (Fsp3) is 1.00. The molecule has 0 unspecified atom stereocenters. The van der Waals surface area contributed by atoms with E-state index in [9.17, 15) is 0 Å². The van der Waals surface area contributed by atoms with Gasteiger partial charge in [-0.1, -0.05) is 0 Å². The maximum atomic E-state index is 8.52. The monoisotopic (exact) mass is 598 g/mol. The summed E-state index contributed by atoms with van der Waals surface area (Å²) in [5, 5.41) is 0. The third kappa shape index (κ3) is 70.6. The van der Waals surface area contributed by atoms with Gasteiger partial charge in [-0.05, 0) is 0 Å². The molecule has 0 saturated heterocycles. The molecule has 0 fully saturated rings. The summed E-state index contributed by atoms with van der Waals surface area (Å²) in [6.07, 6.45) is 0. The Hall–Kier alpha value is 1.41. The number of hydrogen-bond acceptors (Lipinski definition) is 5. The molecule has 76 valence electrons. The molecule has 0 N–H and O–H groups in total. The molecule has 0 aliphatic heterocycles. The summed E-state index contributed by atoms with van der Waals surface area (Å²) in [5.41, 5.74) is 0. The number of ether oxygens (including phenoxy) is 2. The second-order valence-corrected chi connectivity index (χ2v) is 7.94. The van der Waals surface area contributed by atoms with Crippen molar-refractivity contribution >= 4 is 9.17 Å². The van der Waals surface area contributed by atoms with Crippen LogP contribution in [-0.2, 0) is 66.2 Å². The first-order chi connectivity index (χ1) is 6.56. The SMILES string of the molecule is COC[CH2][Hg+].COC[CH2][Hg+].O=[Si]([O-])[O-]. The zero-order valence-electron chi connectivity index (χ0n) is 8.78. The van der Waals surface area contributed by atoms with Crippen LogP contribution in [0.4, 0.5) is 0 Å². The first-order valence-corrected chi connectivity index (χ1v) is 13.0. The summed E-state index contributed by atoms with van der Waals surface area (Å²) < 4.78 is 20.6. The van der Waals surface area contributed by atoms with Crippen LogP contribution < -0.4 is 9.59 Å². The minimum Gasteiger partial charge on any atom is -0.672 e. The quantitative estimate of drug-likeness (QED) is 0.363. The fourth-order valence-electron chi connectivity index (χ4n) is 0.289. The summed E-state index contributed by atoms with van der Waals surface area (Å²) in [6.45, 7) is 1.95. The van der Waals surface area contributed by atoms with Crippen molar-refractivity contribution in [3.63, 3.8) is 0 Å². The second-order valence-electron chi connectivity index (χ2n) is 1.94. The molecule has 8 heteroatoms. The van der Waals surface area contributed by atoms with E-state index in [0.717, 1.165) is 65.5 Å². The van der Waals surface area contributed by atoms with E-state index < -0.39 is 9.17 Å². The fourth-order valence-corrected chi connectivity index (χ4v) is 2.53. The minimum absolute atomic E-state index is 0.948. The molecule has 0 amide bonds. The molecule has 0 aromatic carbocycles. The molecule has 0 aliphatic rings. The van der Waals surface area contributed by atoms with Gasteiger partial charge in [0, 0.05) is 9.17 Å². The van der Waals surface area contributed by atoms with E-state index in [1.807, 2.05) is 0 Å². The molecule has 0 bridgehead atoms. The molecule has 0 atom stereocenters. The molecular weight excluding hydrogens is 581 g/mol. The predicted octanol–water partition coefficient (Wildman–Crippen LogP) is -1.68. The van der Waals surface area contributed by atoms with Crippen LogP contribution in [0.5, 0.6) is 0 Å². The van der Waals surface area contributed by atoms with Gasteiger partial charge in [0.05, 0.1) is 0 Å². The average Bonchev–Trinajstić information content (AvgIpc) is 2.07. The van der Waals surface area contributed by atoms with Crippen molar-refractivity contribution in [2.24, 2.45) is 0 Å². The molecule has 0 radical (unpaired) electrons. The van der Waals surface area contributed by atoms with Crippen molar-refractivity contribution in [3.05, 3.63) is 0 Å². The summed E-state index contributed by atoms with van der Waals surface area (Å²) in [4.78, 5) is 17.0. The Morgan fingerprint density at radius 2 is 1.29 bits per heavy atom. The van der Waals surface area contributed by atoms with Crippen molar-refractivity contribution in [1.82, 2.24) is 0 Å². The van der Waals surface area contributed by atoms with Gasteiger partial charge in [-0.3, -0.25) is 0 Å². The molecule has 0 aliphatic carbocycles. The predicted molar refractivity (Wildman–Crippen MR) is 39.8 cm³/mol. The third-order valence-electron chi connectivity index (χ3n) is 0.697. The van der Waals surface area contributed by atoms with E-state index in [0.29, 0.717) is 0 Å². The Kier molecular flexibility index (Phi) is 35.5. The van der Waals surface area contributed by atoms with E-state index in [2.05, 4.69) is 0 Å². The van der Waals surface area contributed by atoms with Gasteiger partial charge >= 0.3 is 97.0 Å². The number of hydrogen-bond donors (Lipinski definition) is 0. The second kappa shape index (κ2) is 23.9. The van der Waals surface area contributed by atoms with Crippen molar-refractivity contribution in [2.45, 2.75) is 7.86 Å². The normalized spacial score (nSPS) is 7.86. The zero-order chi connectivity index (χ0) is 11.8. The topological polar surface area (TPSA) is 81.7 Å². The number of methoxy groups -OCH3 is 2. The van der Waals surface area contributed by atoms with E-state index >= 15 is 0 Å². The molecular formula is C6H14Hg2O5Si. The summed E-state index contributed by atoms with van der Waals surface area (Å²) in [6, 6.07) is 0. The molecule has 0 heterocycles. The van der Waals surface area contributed by atoms with E-state index in [-0.39, 0.29) is 0 Å².